The quantitative estimate of drug-likeness (QED) is 0.300. The van der Waals surface area contributed by atoms with Crippen LogP contribution in [0.15, 0.2) is 72.7 Å². The van der Waals surface area contributed by atoms with E-state index in [9.17, 15) is 9.59 Å². The molecule has 36 heavy (non-hydrogen) atoms. The molecule has 192 valence electrons. The van der Waals surface area contributed by atoms with E-state index in [0.29, 0.717) is 5.76 Å². The molecule has 2 saturated heterocycles. The van der Waals surface area contributed by atoms with Gasteiger partial charge in [-0.15, -0.1) is 0 Å². The molecule has 1 aromatic rings. The van der Waals surface area contributed by atoms with Crippen LogP contribution in [0.25, 0.3) is 12.3 Å². The predicted octanol–water partition coefficient (Wildman–Crippen LogP) is 0.982. The Hall–Kier alpha value is -3.94. The van der Waals surface area contributed by atoms with Gasteiger partial charge in [-0.05, 0) is 69.2 Å². The maximum atomic E-state index is 13.3. The monoisotopic (exact) mass is 491 g/mol. The molecule has 2 fully saturated rings. The number of rotatable bonds is 9. The molecule has 0 saturated carbocycles. The molecule has 2 aliphatic rings. The second-order valence-corrected chi connectivity index (χ2v) is 9.74. The zero-order valence-electron chi connectivity index (χ0n) is 21.1. The molecule has 7 N–H and O–H groups in total. The third-order valence-corrected chi connectivity index (χ3v) is 6.76. The van der Waals surface area contributed by atoms with Crippen LogP contribution in [0.2, 0.25) is 0 Å². The minimum atomic E-state index is -1.13. The Labute approximate surface area is 212 Å². The molecule has 3 rings (SSSR count). The summed E-state index contributed by atoms with van der Waals surface area (Å²) >= 11 is 0. The lowest BCUT2D eigenvalue weighted by Gasteiger charge is -2.41. The van der Waals surface area contributed by atoms with Crippen LogP contribution in [0.4, 0.5) is 0 Å². The molecule has 2 bridgehead atoms. The van der Waals surface area contributed by atoms with E-state index >= 15 is 0 Å². The molecule has 2 atom stereocenters. The Morgan fingerprint density at radius 2 is 1.75 bits per heavy atom. The van der Waals surface area contributed by atoms with Crippen molar-refractivity contribution in [1.29, 1.82) is 0 Å². The summed E-state index contributed by atoms with van der Waals surface area (Å²) in [5, 5.41) is 4.76. The molecule has 2 amide bonds. The number of amides is 2. The maximum Gasteiger partial charge on any atom is 0.263 e. The van der Waals surface area contributed by atoms with Gasteiger partial charge >= 0.3 is 0 Å². The van der Waals surface area contributed by atoms with Gasteiger partial charge in [0.25, 0.3) is 5.91 Å². The number of nitrogens with zero attached hydrogens (tertiary/aromatic N) is 1. The van der Waals surface area contributed by atoms with Gasteiger partial charge in [0.2, 0.25) is 5.91 Å². The first kappa shape index (κ1) is 26.7. The average Bonchev–Trinajstić information content (AvgIpc) is 3.09. The first-order chi connectivity index (χ1) is 17.1. The van der Waals surface area contributed by atoms with Crippen LogP contribution >= 0.6 is 0 Å². The molecule has 0 aromatic heterocycles. The lowest BCUT2D eigenvalue weighted by atomic mass is 9.95. The highest BCUT2D eigenvalue weighted by Gasteiger charge is 2.42. The number of hydrogen-bond donors (Lipinski definition) is 4. The van der Waals surface area contributed by atoms with Crippen molar-refractivity contribution in [3.05, 3.63) is 83.2 Å². The van der Waals surface area contributed by atoms with E-state index in [2.05, 4.69) is 23.4 Å². The van der Waals surface area contributed by atoms with Crippen molar-refractivity contribution < 1.29 is 14.3 Å². The molecule has 8 heteroatoms. The minimum absolute atomic E-state index is 0.0182. The number of benzene rings is 1. The Morgan fingerprint density at radius 1 is 1.11 bits per heavy atom. The van der Waals surface area contributed by atoms with Crippen LogP contribution in [0.5, 0.6) is 0 Å². The summed E-state index contributed by atoms with van der Waals surface area (Å²) < 4.78 is 6.17. The topological polar surface area (TPSA) is 137 Å². The number of nitrogens with one attached hydrogen (secondary N) is 1. The maximum absolute atomic E-state index is 13.3. The zero-order valence-corrected chi connectivity index (χ0v) is 21.1. The predicted molar refractivity (Wildman–Crippen MR) is 143 cm³/mol. The SMILES string of the molecule is C=C(/C=C\C(=C/N)C(N)=O)N1C2CCC1CC(NC(=O)C(C)(C)OC(/C=C\N)=c1\ccccc1=C)C2. The Bertz CT molecular complexity index is 1200. The third kappa shape index (κ3) is 6.00. The summed E-state index contributed by atoms with van der Waals surface area (Å²) in [6.07, 6.45) is 11.2. The molecule has 2 unspecified atom stereocenters. The number of fused-ring (bicyclic) bond motifs is 2. The number of carbonyl (C=O) groups is 2. The standard InChI is InChI=1S/C28H37N5O3/c1-18-7-5-6-8-24(18)25(13-14-29)36-28(3,4)27(35)32-21-15-22-11-12-23(16-21)33(22)19(2)9-10-20(17-30)26(31)34/h5-10,13-14,17,21-23H,1-2,11-12,15-16,29-30H2,3-4H3,(H2,31,34)(H,32,35)/b10-9-,14-13-,20-17+,25-24+. The summed E-state index contributed by atoms with van der Waals surface area (Å²) in [6.45, 7) is 11.7. The van der Waals surface area contributed by atoms with Gasteiger partial charge in [-0.2, -0.15) is 0 Å². The van der Waals surface area contributed by atoms with Crippen molar-refractivity contribution in [3.8, 4) is 0 Å². The fourth-order valence-electron chi connectivity index (χ4n) is 4.96. The third-order valence-electron chi connectivity index (χ3n) is 6.76. The Kier molecular flexibility index (Phi) is 8.29. The van der Waals surface area contributed by atoms with Gasteiger partial charge in [0, 0.05) is 35.2 Å². The van der Waals surface area contributed by atoms with Crippen molar-refractivity contribution in [2.75, 3.05) is 0 Å². The highest BCUT2D eigenvalue weighted by molar-refractivity contribution is 5.94. The molecule has 1 aromatic carbocycles. The van der Waals surface area contributed by atoms with E-state index in [1.807, 2.05) is 24.3 Å². The van der Waals surface area contributed by atoms with E-state index < -0.39 is 11.5 Å². The van der Waals surface area contributed by atoms with Gasteiger partial charge in [-0.3, -0.25) is 9.59 Å². The lowest BCUT2D eigenvalue weighted by molar-refractivity contribution is -0.137. The van der Waals surface area contributed by atoms with Crippen LogP contribution in [-0.2, 0) is 14.3 Å². The molecule has 0 spiro atoms. The van der Waals surface area contributed by atoms with Gasteiger partial charge in [0.15, 0.2) is 5.60 Å². The molecule has 2 heterocycles. The van der Waals surface area contributed by atoms with Gasteiger partial charge in [-0.25, -0.2) is 0 Å². The van der Waals surface area contributed by atoms with Crippen LogP contribution < -0.4 is 33.0 Å². The second kappa shape index (κ2) is 11.2. The number of ether oxygens (including phenoxy) is 1. The van der Waals surface area contributed by atoms with Crippen LogP contribution in [-0.4, -0.2) is 40.4 Å². The Balaban J connectivity index is 1.68. The summed E-state index contributed by atoms with van der Waals surface area (Å²) in [5.74, 6) is -0.289. The number of nitrogens with two attached hydrogens (primary N) is 3. The fourth-order valence-corrected chi connectivity index (χ4v) is 4.96. The highest BCUT2D eigenvalue weighted by atomic mass is 16.5. The van der Waals surface area contributed by atoms with Gasteiger partial charge in [0.1, 0.15) is 5.76 Å². The summed E-state index contributed by atoms with van der Waals surface area (Å²) in [4.78, 5) is 27.0. The number of carbonyl (C=O) groups excluding carboxylic acids is 2. The fraction of sp³-hybridized carbons (Fsp3) is 0.357. The first-order valence-corrected chi connectivity index (χ1v) is 12.1. The molecular weight excluding hydrogens is 454 g/mol. The molecule has 2 aliphatic heterocycles. The zero-order chi connectivity index (χ0) is 26.5. The average molecular weight is 492 g/mol. The Morgan fingerprint density at radius 3 is 2.31 bits per heavy atom. The lowest BCUT2D eigenvalue weighted by Crippen LogP contribution is -2.54. The smallest absolute Gasteiger partial charge is 0.263 e. The van der Waals surface area contributed by atoms with Crippen molar-refractivity contribution >= 4 is 24.2 Å². The summed E-state index contributed by atoms with van der Waals surface area (Å²) in [7, 11) is 0. The van der Waals surface area contributed by atoms with Crippen molar-refractivity contribution in [3.63, 3.8) is 0 Å². The molecule has 0 radical (unpaired) electrons. The van der Waals surface area contributed by atoms with Gasteiger partial charge in [-0.1, -0.05) is 37.4 Å². The van der Waals surface area contributed by atoms with Crippen molar-refractivity contribution in [2.24, 2.45) is 17.2 Å². The van der Waals surface area contributed by atoms with E-state index in [4.69, 9.17) is 21.9 Å². The number of hydrogen-bond acceptors (Lipinski definition) is 6. The van der Waals surface area contributed by atoms with E-state index in [0.717, 1.165) is 41.8 Å². The normalized spacial score (nSPS) is 23.1. The summed E-state index contributed by atoms with van der Waals surface area (Å²) in [5.41, 5.74) is 16.3. The molecule has 0 aliphatic carbocycles. The van der Waals surface area contributed by atoms with Crippen molar-refractivity contribution in [1.82, 2.24) is 10.2 Å². The number of primary amides is 1. The number of piperidine rings is 1. The van der Waals surface area contributed by atoms with Crippen molar-refractivity contribution in [2.45, 2.75) is 63.3 Å². The number of allylic oxidation sites excluding steroid dienone is 1. The minimum Gasteiger partial charge on any atom is -0.477 e. The second-order valence-electron chi connectivity index (χ2n) is 9.74. The van der Waals surface area contributed by atoms with E-state index in [-0.39, 0.29) is 29.6 Å². The first-order valence-electron chi connectivity index (χ1n) is 12.1. The van der Waals surface area contributed by atoms with Crippen LogP contribution in [0.1, 0.15) is 39.5 Å². The summed E-state index contributed by atoms with van der Waals surface area (Å²) in [6, 6.07) is 8.05. The van der Waals surface area contributed by atoms with Crippen LogP contribution in [0, 0.1) is 0 Å². The van der Waals surface area contributed by atoms with E-state index in [1.165, 1.54) is 12.4 Å². The largest absolute Gasteiger partial charge is 0.477 e. The molecule has 8 nitrogen and oxygen atoms in total. The van der Waals surface area contributed by atoms with E-state index in [1.54, 1.807) is 32.1 Å². The molecular formula is C28H37N5O3. The van der Waals surface area contributed by atoms with Gasteiger partial charge in [0.05, 0.1) is 5.57 Å². The highest BCUT2D eigenvalue weighted by Crippen LogP contribution is 2.38. The van der Waals surface area contributed by atoms with Gasteiger partial charge < -0.3 is 32.2 Å². The van der Waals surface area contributed by atoms with Crippen LogP contribution in [0.3, 0.4) is 0 Å².